The highest BCUT2D eigenvalue weighted by atomic mass is 32.1. The van der Waals surface area contributed by atoms with Gasteiger partial charge in [0.25, 0.3) is 0 Å². The SMILES string of the molecule is COc1ccc(Cc2nc3c4c5c(sc4ncn3n2)CN(Cc2ccccc2)CC5)cc1OC. The summed E-state index contributed by atoms with van der Waals surface area (Å²) >= 11 is 1.79. The van der Waals surface area contributed by atoms with Crippen LogP contribution in [-0.4, -0.2) is 45.2 Å². The molecule has 0 radical (unpaired) electrons. The molecule has 0 spiro atoms. The Bertz CT molecular complexity index is 1480. The normalized spacial score (nSPS) is 13.9. The summed E-state index contributed by atoms with van der Waals surface area (Å²) in [6.07, 6.45) is 3.40. The quantitative estimate of drug-likeness (QED) is 0.363. The molecule has 8 heteroatoms. The van der Waals surface area contributed by atoms with Crippen molar-refractivity contribution in [3.63, 3.8) is 0 Å². The monoisotopic (exact) mass is 471 g/mol. The molecule has 0 saturated carbocycles. The van der Waals surface area contributed by atoms with E-state index in [4.69, 9.17) is 24.5 Å². The number of aromatic nitrogens is 4. The third-order valence-corrected chi connectivity index (χ3v) is 7.48. The van der Waals surface area contributed by atoms with Crippen LogP contribution in [-0.2, 0) is 25.9 Å². The van der Waals surface area contributed by atoms with Crippen LogP contribution in [0, 0.1) is 0 Å². The van der Waals surface area contributed by atoms with Crippen molar-refractivity contribution < 1.29 is 9.47 Å². The lowest BCUT2D eigenvalue weighted by atomic mass is 10.0. The molecule has 0 unspecified atom stereocenters. The van der Waals surface area contributed by atoms with Gasteiger partial charge in [-0.3, -0.25) is 4.90 Å². The summed E-state index contributed by atoms with van der Waals surface area (Å²) in [5.74, 6) is 2.19. The van der Waals surface area contributed by atoms with E-state index in [1.807, 2.05) is 22.7 Å². The summed E-state index contributed by atoms with van der Waals surface area (Å²) in [6.45, 7) is 2.95. The van der Waals surface area contributed by atoms with Gasteiger partial charge in [0.15, 0.2) is 23.0 Å². The molecule has 6 rings (SSSR count). The Balaban J connectivity index is 1.30. The van der Waals surface area contributed by atoms with Crippen LogP contribution < -0.4 is 9.47 Å². The largest absolute Gasteiger partial charge is 0.493 e. The number of ether oxygens (including phenoxy) is 2. The van der Waals surface area contributed by atoms with Crippen molar-refractivity contribution in [2.24, 2.45) is 0 Å². The first-order valence-electron chi connectivity index (χ1n) is 11.3. The van der Waals surface area contributed by atoms with E-state index in [1.165, 1.54) is 16.0 Å². The van der Waals surface area contributed by atoms with Gasteiger partial charge in [0, 0.05) is 30.9 Å². The number of methoxy groups -OCH3 is 2. The highest BCUT2D eigenvalue weighted by Gasteiger charge is 2.24. The maximum atomic E-state index is 5.45. The molecule has 0 aliphatic carbocycles. The fourth-order valence-electron chi connectivity index (χ4n) is 4.71. The first-order chi connectivity index (χ1) is 16.7. The molecule has 4 heterocycles. The predicted octanol–water partition coefficient (Wildman–Crippen LogP) is 4.51. The van der Waals surface area contributed by atoms with Gasteiger partial charge in [-0.15, -0.1) is 16.4 Å². The van der Waals surface area contributed by atoms with Gasteiger partial charge in [-0.2, -0.15) is 0 Å². The lowest BCUT2D eigenvalue weighted by Crippen LogP contribution is -2.29. The standard InChI is InChI=1S/C26H25N5O2S/c1-32-20-9-8-18(12-21(20)33-2)13-23-28-25-24-19-10-11-30(14-17-6-4-3-5-7-17)15-22(19)34-26(24)27-16-31(25)29-23/h3-9,12,16H,10-11,13-15H2,1-2H3. The lowest BCUT2D eigenvalue weighted by molar-refractivity contribution is 0.249. The van der Waals surface area contributed by atoms with Crippen LogP contribution in [0.15, 0.2) is 54.9 Å². The van der Waals surface area contributed by atoms with Crippen LogP contribution in [0.5, 0.6) is 11.5 Å². The number of benzene rings is 2. The van der Waals surface area contributed by atoms with Crippen molar-refractivity contribution >= 4 is 27.2 Å². The second-order valence-corrected chi connectivity index (χ2v) is 9.62. The van der Waals surface area contributed by atoms with E-state index in [-0.39, 0.29) is 0 Å². The molecule has 5 aromatic rings. The van der Waals surface area contributed by atoms with Crippen molar-refractivity contribution in [1.29, 1.82) is 0 Å². The predicted molar refractivity (Wildman–Crippen MR) is 133 cm³/mol. The van der Waals surface area contributed by atoms with Crippen molar-refractivity contribution in [2.75, 3.05) is 20.8 Å². The van der Waals surface area contributed by atoms with Crippen LogP contribution in [0.2, 0.25) is 0 Å². The van der Waals surface area contributed by atoms with Gasteiger partial charge in [0.1, 0.15) is 11.2 Å². The summed E-state index contributed by atoms with van der Waals surface area (Å²) < 4.78 is 12.6. The Morgan fingerprint density at radius 3 is 2.68 bits per heavy atom. The second-order valence-electron chi connectivity index (χ2n) is 8.54. The lowest BCUT2D eigenvalue weighted by Gasteiger charge is -2.26. The van der Waals surface area contributed by atoms with Crippen LogP contribution in [0.3, 0.4) is 0 Å². The van der Waals surface area contributed by atoms with E-state index < -0.39 is 0 Å². The topological polar surface area (TPSA) is 64.8 Å². The minimum atomic E-state index is 0.612. The molecule has 7 nitrogen and oxygen atoms in total. The fraction of sp³-hybridized carbons (Fsp3) is 0.269. The van der Waals surface area contributed by atoms with Crippen LogP contribution in [0.25, 0.3) is 15.9 Å². The average molecular weight is 472 g/mol. The van der Waals surface area contributed by atoms with Gasteiger partial charge in [-0.1, -0.05) is 36.4 Å². The molecule has 0 N–H and O–H groups in total. The molecule has 0 saturated heterocycles. The highest BCUT2D eigenvalue weighted by Crippen LogP contribution is 2.36. The molecule has 0 fully saturated rings. The Kier molecular flexibility index (Phi) is 5.39. The van der Waals surface area contributed by atoms with Crippen molar-refractivity contribution in [3.05, 3.63) is 82.3 Å². The first-order valence-corrected chi connectivity index (χ1v) is 12.1. The molecule has 1 aliphatic rings. The zero-order valence-corrected chi connectivity index (χ0v) is 20.0. The molecule has 0 atom stereocenters. The third-order valence-electron chi connectivity index (χ3n) is 6.36. The number of thiophene rings is 1. The number of fused-ring (bicyclic) bond motifs is 5. The van der Waals surface area contributed by atoms with Gasteiger partial charge in [0.05, 0.1) is 19.6 Å². The van der Waals surface area contributed by atoms with Crippen molar-refractivity contribution in [3.8, 4) is 11.5 Å². The number of nitrogens with zero attached hydrogens (tertiary/aromatic N) is 5. The van der Waals surface area contributed by atoms with Crippen LogP contribution in [0.1, 0.15) is 27.4 Å². The molecule has 3 aromatic heterocycles. The molecule has 0 bridgehead atoms. The Morgan fingerprint density at radius 2 is 1.85 bits per heavy atom. The Hall–Kier alpha value is -3.49. The summed E-state index contributed by atoms with van der Waals surface area (Å²) in [5, 5.41) is 5.88. The molecule has 2 aromatic carbocycles. The number of rotatable bonds is 6. The summed E-state index contributed by atoms with van der Waals surface area (Å²) in [7, 11) is 3.29. The third kappa shape index (κ3) is 3.78. The van der Waals surface area contributed by atoms with Gasteiger partial charge >= 0.3 is 0 Å². The zero-order valence-electron chi connectivity index (χ0n) is 19.2. The van der Waals surface area contributed by atoms with Gasteiger partial charge in [0.2, 0.25) is 0 Å². The smallest absolute Gasteiger partial charge is 0.167 e. The second kappa shape index (κ2) is 8.70. The number of hydrogen-bond acceptors (Lipinski definition) is 7. The molecule has 172 valence electrons. The molecular formula is C26H25N5O2S. The summed E-state index contributed by atoms with van der Waals surface area (Å²) in [6, 6.07) is 16.6. The van der Waals surface area contributed by atoms with E-state index >= 15 is 0 Å². The summed E-state index contributed by atoms with van der Waals surface area (Å²) in [5.41, 5.74) is 4.70. The van der Waals surface area contributed by atoms with E-state index in [1.54, 1.807) is 31.9 Å². The molecule has 34 heavy (non-hydrogen) atoms. The minimum Gasteiger partial charge on any atom is -0.493 e. The van der Waals surface area contributed by atoms with Crippen LogP contribution >= 0.6 is 11.3 Å². The fourth-order valence-corrected chi connectivity index (χ4v) is 5.94. The van der Waals surface area contributed by atoms with Gasteiger partial charge in [-0.25, -0.2) is 14.5 Å². The summed E-state index contributed by atoms with van der Waals surface area (Å²) in [4.78, 5) is 14.6. The maximum Gasteiger partial charge on any atom is 0.167 e. The maximum absolute atomic E-state index is 5.45. The number of hydrogen-bond donors (Lipinski definition) is 0. The molecule has 0 amide bonds. The Labute approximate surface area is 201 Å². The van der Waals surface area contributed by atoms with E-state index in [0.29, 0.717) is 17.9 Å². The van der Waals surface area contributed by atoms with Crippen molar-refractivity contribution in [1.82, 2.24) is 24.5 Å². The minimum absolute atomic E-state index is 0.612. The van der Waals surface area contributed by atoms with Gasteiger partial charge < -0.3 is 9.47 Å². The van der Waals surface area contributed by atoms with E-state index in [9.17, 15) is 0 Å². The van der Waals surface area contributed by atoms with Crippen molar-refractivity contribution in [2.45, 2.75) is 25.9 Å². The highest BCUT2D eigenvalue weighted by molar-refractivity contribution is 7.19. The zero-order chi connectivity index (χ0) is 23.1. The average Bonchev–Trinajstić information content (AvgIpc) is 3.44. The molecular weight excluding hydrogens is 446 g/mol. The Morgan fingerprint density at radius 1 is 1.00 bits per heavy atom. The van der Waals surface area contributed by atoms with E-state index in [0.717, 1.165) is 53.3 Å². The van der Waals surface area contributed by atoms with Crippen LogP contribution in [0.4, 0.5) is 0 Å². The first kappa shape index (κ1) is 21.1. The van der Waals surface area contributed by atoms with E-state index in [2.05, 4.69) is 35.2 Å². The molecule has 1 aliphatic heterocycles. The van der Waals surface area contributed by atoms with Gasteiger partial charge in [-0.05, 0) is 35.2 Å².